The fraction of sp³-hybridized carbons (Fsp3) is 0.625. The van der Waals surface area contributed by atoms with Gasteiger partial charge in [-0.15, -0.1) is 0 Å². The lowest BCUT2D eigenvalue weighted by Crippen LogP contribution is -2.26. The third-order valence-corrected chi connectivity index (χ3v) is 3.84. The first-order valence-corrected chi connectivity index (χ1v) is 7.24. The number of hydrogen-bond acceptors (Lipinski definition) is 3. The average Bonchev–Trinajstić information content (AvgIpc) is 3.05. The third kappa shape index (κ3) is 4.84. The molecule has 2 atom stereocenters. The topological polar surface area (TPSA) is 24.5 Å². The lowest BCUT2D eigenvalue weighted by molar-refractivity contribution is 0.230. The fourth-order valence-corrected chi connectivity index (χ4v) is 2.41. The molecule has 0 aliphatic heterocycles. The van der Waals surface area contributed by atoms with Crippen LogP contribution >= 0.6 is 0 Å². The Balaban J connectivity index is 1.68. The summed E-state index contributed by atoms with van der Waals surface area (Å²) in [5, 5.41) is 3.15. The molecule has 0 amide bonds. The van der Waals surface area contributed by atoms with Crippen LogP contribution in [-0.2, 0) is 6.54 Å². The number of nitrogens with one attached hydrogen (secondary N) is 1. The zero-order chi connectivity index (χ0) is 13.7. The minimum absolute atomic E-state index is 0.764. The molecular weight excluding hydrogens is 236 g/mol. The molecule has 1 N–H and O–H groups in total. The molecule has 1 saturated carbocycles. The van der Waals surface area contributed by atoms with Gasteiger partial charge in [0.2, 0.25) is 0 Å². The summed E-state index contributed by atoms with van der Waals surface area (Å²) in [4.78, 5) is 2.38. The maximum Gasteiger partial charge on any atom is 0.119 e. The summed E-state index contributed by atoms with van der Waals surface area (Å²) in [7, 11) is 4.15. The van der Waals surface area contributed by atoms with Crippen LogP contribution < -0.4 is 10.1 Å². The van der Waals surface area contributed by atoms with Gasteiger partial charge in [0.05, 0.1) is 0 Å². The highest BCUT2D eigenvalue weighted by atomic mass is 16.5. The quantitative estimate of drug-likeness (QED) is 0.778. The lowest BCUT2D eigenvalue weighted by atomic mass is 10.2. The van der Waals surface area contributed by atoms with Crippen LogP contribution in [0.1, 0.15) is 18.9 Å². The van der Waals surface area contributed by atoms with E-state index in [2.05, 4.69) is 42.4 Å². The van der Waals surface area contributed by atoms with E-state index < -0.39 is 0 Å². The highest BCUT2D eigenvalue weighted by Gasteiger charge is 2.32. The Morgan fingerprint density at radius 3 is 2.89 bits per heavy atom. The molecule has 1 aliphatic carbocycles. The molecular formula is C16H26N2O. The molecule has 3 nitrogen and oxygen atoms in total. The van der Waals surface area contributed by atoms with E-state index in [0.29, 0.717) is 0 Å². The van der Waals surface area contributed by atoms with E-state index in [9.17, 15) is 0 Å². The van der Waals surface area contributed by atoms with Crippen molar-refractivity contribution in [2.45, 2.75) is 19.9 Å². The number of hydrogen-bond donors (Lipinski definition) is 1. The number of rotatable bonds is 8. The van der Waals surface area contributed by atoms with Crippen molar-refractivity contribution in [1.82, 2.24) is 10.2 Å². The SMILES string of the molecule is CNCc1cccc(OCCN(C)CC2CC2C)c1. The van der Waals surface area contributed by atoms with Gasteiger partial charge in [-0.3, -0.25) is 0 Å². The molecule has 1 aliphatic rings. The second kappa shape index (κ2) is 6.92. The van der Waals surface area contributed by atoms with E-state index >= 15 is 0 Å². The number of benzene rings is 1. The van der Waals surface area contributed by atoms with E-state index in [0.717, 1.165) is 37.3 Å². The summed E-state index contributed by atoms with van der Waals surface area (Å²) in [6.45, 7) is 6.20. The van der Waals surface area contributed by atoms with Gasteiger partial charge in [-0.1, -0.05) is 19.1 Å². The maximum absolute atomic E-state index is 5.82. The maximum atomic E-state index is 5.82. The van der Waals surface area contributed by atoms with Gasteiger partial charge in [-0.25, -0.2) is 0 Å². The molecule has 106 valence electrons. The standard InChI is InChI=1S/C16H26N2O/c1-13-9-15(13)12-18(3)7-8-19-16-6-4-5-14(10-16)11-17-2/h4-6,10,13,15,17H,7-9,11-12H2,1-3H3. The first-order chi connectivity index (χ1) is 9.19. The van der Waals surface area contributed by atoms with Gasteiger partial charge in [0.25, 0.3) is 0 Å². The van der Waals surface area contributed by atoms with Crippen molar-refractivity contribution >= 4 is 0 Å². The summed E-state index contributed by atoms with van der Waals surface area (Å²) >= 11 is 0. The van der Waals surface area contributed by atoms with Crippen molar-refractivity contribution in [3.63, 3.8) is 0 Å². The van der Waals surface area contributed by atoms with Crippen molar-refractivity contribution in [2.75, 3.05) is 33.8 Å². The van der Waals surface area contributed by atoms with E-state index in [-0.39, 0.29) is 0 Å². The molecule has 1 aromatic carbocycles. The van der Waals surface area contributed by atoms with Crippen LogP contribution in [0, 0.1) is 11.8 Å². The molecule has 0 spiro atoms. The van der Waals surface area contributed by atoms with Gasteiger partial charge in [-0.2, -0.15) is 0 Å². The predicted molar refractivity (Wildman–Crippen MR) is 79.5 cm³/mol. The smallest absolute Gasteiger partial charge is 0.119 e. The number of likely N-dealkylation sites (N-methyl/N-ethyl adjacent to an activating group) is 1. The second-order valence-corrected chi connectivity index (χ2v) is 5.76. The van der Waals surface area contributed by atoms with Crippen LogP contribution in [-0.4, -0.2) is 38.7 Å². The molecule has 2 unspecified atom stereocenters. The molecule has 0 aromatic heterocycles. The van der Waals surface area contributed by atoms with E-state index in [4.69, 9.17) is 4.74 Å². The van der Waals surface area contributed by atoms with E-state index in [1.807, 2.05) is 13.1 Å². The third-order valence-electron chi connectivity index (χ3n) is 3.84. The van der Waals surface area contributed by atoms with Gasteiger partial charge in [0.1, 0.15) is 12.4 Å². The molecule has 0 saturated heterocycles. The first kappa shape index (κ1) is 14.4. The minimum Gasteiger partial charge on any atom is -0.492 e. The molecule has 1 aromatic rings. The lowest BCUT2D eigenvalue weighted by Gasteiger charge is -2.17. The van der Waals surface area contributed by atoms with Crippen LogP contribution in [0.2, 0.25) is 0 Å². The molecule has 0 bridgehead atoms. The Hall–Kier alpha value is -1.06. The van der Waals surface area contributed by atoms with Gasteiger partial charge >= 0.3 is 0 Å². The Kier molecular flexibility index (Phi) is 5.23. The number of nitrogens with zero attached hydrogens (tertiary/aromatic N) is 1. The van der Waals surface area contributed by atoms with Gasteiger partial charge < -0.3 is 15.0 Å². The van der Waals surface area contributed by atoms with Crippen molar-refractivity contribution in [3.8, 4) is 5.75 Å². The summed E-state index contributed by atoms with van der Waals surface area (Å²) in [5.41, 5.74) is 1.26. The number of ether oxygens (including phenoxy) is 1. The minimum atomic E-state index is 0.764. The van der Waals surface area contributed by atoms with Crippen molar-refractivity contribution < 1.29 is 4.74 Å². The van der Waals surface area contributed by atoms with Gasteiger partial charge in [0, 0.05) is 19.6 Å². The van der Waals surface area contributed by atoms with Crippen LogP contribution in [0.5, 0.6) is 5.75 Å². The van der Waals surface area contributed by atoms with Crippen LogP contribution in [0.4, 0.5) is 0 Å². The second-order valence-electron chi connectivity index (χ2n) is 5.76. The summed E-state index contributed by atoms with van der Waals surface area (Å²) < 4.78 is 5.82. The largest absolute Gasteiger partial charge is 0.492 e. The fourth-order valence-electron chi connectivity index (χ4n) is 2.41. The van der Waals surface area contributed by atoms with Crippen molar-refractivity contribution in [3.05, 3.63) is 29.8 Å². The summed E-state index contributed by atoms with van der Waals surface area (Å²) in [6.07, 6.45) is 1.40. The molecule has 2 rings (SSSR count). The highest BCUT2D eigenvalue weighted by Crippen LogP contribution is 2.37. The van der Waals surface area contributed by atoms with Gasteiger partial charge in [-0.05, 0) is 50.0 Å². The molecule has 0 radical (unpaired) electrons. The summed E-state index contributed by atoms with van der Waals surface area (Å²) in [5.74, 6) is 2.83. The monoisotopic (exact) mass is 262 g/mol. The zero-order valence-corrected chi connectivity index (χ0v) is 12.4. The van der Waals surface area contributed by atoms with Crippen molar-refractivity contribution in [1.29, 1.82) is 0 Å². The van der Waals surface area contributed by atoms with E-state index in [1.165, 1.54) is 18.5 Å². The van der Waals surface area contributed by atoms with Crippen molar-refractivity contribution in [2.24, 2.45) is 11.8 Å². The first-order valence-electron chi connectivity index (χ1n) is 7.24. The van der Waals surface area contributed by atoms with Crippen LogP contribution in [0.3, 0.4) is 0 Å². The van der Waals surface area contributed by atoms with E-state index in [1.54, 1.807) is 0 Å². The predicted octanol–water partition coefficient (Wildman–Crippen LogP) is 2.37. The molecule has 3 heteroatoms. The van der Waals surface area contributed by atoms with Crippen LogP contribution in [0.15, 0.2) is 24.3 Å². The highest BCUT2D eigenvalue weighted by molar-refractivity contribution is 5.28. The normalized spacial score (nSPS) is 21.7. The van der Waals surface area contributed by atoms with Gasteiger partial charge in [0.15, 0.2) is 0 Å². The summed E-state index contributed by atoms with van der Waals surface area (Å²) in [6, 6.07) is 8.31. The average molecular weight is 262 g/mol. The molecule has 19 heavy (non-hydrogen) atoms. The zero-order valence-electron chi connectivity index (χ0n) is 12.4. The van der Waals surface area contributed by atoms with Crippen LogP contribution in [0.25, 0.3) is 0 Å². The molecule has 0 heterocycles. The Bertz CT molecular complexity index is 394. The Morgan fingerprint density at radius 2 is 2.21 bits per heavy atom. The Labute approximate surface area is 116 Å². The Morgan fingerprint density at radius 1 is 1.42 bits per heavy atom. The molecule has 1 fully saturated rings.